The van der Waals surface area contributed by atoms with Gasteiger partial charge in [-0.1, -0.05) is 198 Å². The highest BCUT2D eigenvalue weighted by molar-refractivity contribution is 5.98. The van der Waals surface area contributed by atoms with Crippen molar-refractivity contribution < 1.29 is 5.11 Å². The van der Waals surface area contributed by atoms with Gasteiger partial charge in [-0.2, -0.15) is 0 Å². The molecule has 0 atom stereocenters. The third-order valence-corrected chi connectivity index (χ3v) is 13.4. The van der Waals surface area contributed by atoms with Crippen LogP contribution in [0.5, 0.6) is 5.75 Å². The third-order valence-electron chi connectivity index (χ3n) is 13.4. The van der Waals surface area contributed by atoms with Gasteiger partial charge >= 0.3 is 0 Å². The van der Waals surface area contributed by atoms with Gasteiger partial charge in [-0.05, 0) is 120 Å². The quantitative estimate of drug-likeness (QED) is 0.173. The summed E-state index contributed by atoms with van der Waals surface area (Å²) in [5.41, 5.74) is 18.0. The summed E-state index contributed by atoms with van der Waals surface area (Å²) in [7, 11) is 0. The summed E-state index contributed by atoms with van der Waals surface area (Å²) in [6.07, 6.45) is 1.91. The topological polar surface area (TPSA) is 50.9 Å². The summed E-state index contributed by atoms with van der Waals surface area (Å²) in [5.74, 6) is 0.946. The Morgan fingerprint density at radius 1 is 0.397 bits per heavy atom. The molecule has 0 spiro atoms. The summed E-state index contributed by atoms with van der Waals surface area (Å²) >= 11 is 0. The van der Waals surface area contributed by atoms with Crippen LogP contribution in [0.15, 0.2) is 170 Å². The molecule has 0 bridgehead atoms. The second-order valence-corrected chi connectivity index (χ2v) is 22.6. The molecule has 342 valence electrons. The van der Waals surface area contributed by atoms with Crippen molar-refractivity contribution in [1.29, 1.82) is 0 Å². The van der Waals surface area contributed by atoms with E-state index in [0.717, 1.165) is 83.6 Å². The van der Waals surface area contributed by atoms with Gasteiger partial charge in [0.25, 0.3) is 0 Å². The highest BCUT2D eigenvalue weighted by atomic mass is 16.3. The fourth-order valence-corrected chi connectivity index (χ4v) is 9.27. The average molecular weight is 892 g/mol. The van der Waals surface area contributed by atoms with Crippen molar-refractivity contribution in [3.05, 3.63) is 192 Å². The fourth-order valence-electron chi connectivity index (χ4n) is 9.27. The van der Waals surface area contributed by atoms with Crippen molar-refractivity contribution in [2.45, 2.75) is 105 Å². The normalized spacial score (nSPS) is 12.5. The molecular formula is C64H65N3O. The van der Waals surface area contributed by atoms with Crippen molar-refractivity contribution in [1.82, 2.24) is 14.5 Å². The van der Waals surface area contributed by atoms with Crippen LogP contribution in [0.1, 0.15) is 105 Å². The van der Waals surface area contributed by atoms with Gasteiger partial charge in [0.15, 0.2) is 0 Å². The van der Waals surface area contributed by atoms with E-state index in [4.69, 9.17) is 9.97 Å². The lowest BCUT2D eigenvalue weighted by atomic mass is 9.79. The molecule has 4 nitrogen and oxygen atoms in total. The number of para-hydroxylation sites is 1. The minimum atomic E-state index is -0.339. The van der Waals surface area contributed by atoms with Gasteiger partial charge in [-0.25, -0.2) is 4.98 Å². The molecule has 0 amide bonds. The lowest BCUT2D eigenvalue weighted by Gasteiger charge is -2.28. The zero-order chi connectivity index (χ0) is 48.3. The maximum absolute atomic E-state index is 12.7. The van der Waals surface area contributed by atoms with Gasteiger partial charge in [0, 0.05) is 28.5 Å². The first kappa shape index (κ1) is 46.1. The van der Waals surface area contributed by atoms with Gasteiger partial charge in [0.1, 0.15) is 11.6 Å². The minimum Gasteiger partial charge on any atom is -0.507 e. The molecule has 4 heteroatoms. The number of phenols is 1. The number of fused-ring (bicyclic) bond motifs is 1. The second-order valence-electron chi connectivity index (χ2n) is 22.6. The van der Waals surface area contributed by atoms with Crippen LogP contribution in [-0.4, -0.2) is 19.6 Å². The van der Waals surface area contributed by atoms with Crippen LogP contribution in [0.25, 0.3) is 83.9 Å². The minimum absolute atomic E-state index is 0.0143. The first-order valence-corrected chi connectivity index (χ1v) is 24.0. The smallest absolute Gasteiger partial charge is 0.149 e. The zero-order valence-electron chi connectivity index (χ0n) is 42.0. The summed E-state index contributed by atoms with van der Waals surface area (Å²) in [6.45, 7) is 26.8. The van der Waals surface area contributed by atoms with E-state index in [0.29, 0.717) is 11.4 Å². The Balaban J connectivity index is 1.38. The number of benzene rings is 7. The number of aromatic hydroxyl groups is 1. The lowest BCUT2D eigenvalue weighted by Crippen LogP contribution is -2.17. The molecule has 0 fully saturated rings. The number of pyridine rings is 1. The van der Waals surface area contributed by atoms with E-state index in [-0.39, 0.29) is 27.4 Å². The van der Waals surface area contributed by atoms with Crippen LogP contribution in [0.4, 0.5) is 0 Å². The maximum Gasteiger partial charge on any atom is 0.149 e. The Morgan fingerprint density at radius 2 is 0.985 bits per heavy atom. The summed E-state index contributed by atoms with van der Waals surface area (Å²) in [6, 6.07) is 58.9. The average Bonchev–Trinajstić information content (AvgIpc) is 3.70. The number of imidazole rings is 1. The Hall–Kier alpha value is -7.04. The number of hydrogen-bond acceptors (Lipinski definition) is 3. The fraction of sp³-hybridized carbons (Fsp3) is 0.250. The number of nitrogens with zero attached hydrogens (tertiary/aromatic N) is 3. The zero-order valence-corrected chi connectivity index (χ0v) is 42.0. The largest absolute Gasteiger partial charge is 0.507 e. The molecule has 0 aliphatic carbocycles. The number of aromatic nitrogens is 3. The van der Waals surface area contributed by atoms with E-state index in [2.05, 4.69) is 245 Å². The molecule has 0 aliphatic heterocycles. The van der Waals surface area contributed by atoms with E-state index in [1.54, 1.807) is 0 Å². The Bertz CT molecular complexity index is 3290. The molecule has 0 radical (unpaired) electrons. The van der Waals surface area contributed by atoms with Crippen LogP contribution in [0.2, 0.25) is 0 Å². The Kier molecular flexibility index (Phi) is 11.7. The van der Waals surface area contributed by atoms with Gasteiger partial charge in [-0.15, -0.1) is 0 Å². The summed E-state index contributed by atoms with van der Waals surface area (Å²) < 4.78 is 2.32. The number of rotatable bonds is 7. The molecule has 0 unspecified atom stereocenters. The van der Waals surface area contributed by atoms with Crippen LogP contribution in [0.3, 0.4) is 0 Å². The van der Waals surface area contributed by atoms with Crippen molar-refractivity contribution in [3.63, 3.8) is 0 Å². The van der Waals surface area contributed by atoms with Gasteiger partial charge < -0.3 is 5.11 Å². The Morgan fingerprint density at radius 3 is 1.60 bits per heavy atom. The van der Waals surface area contributed by atoms with Gasteiger partial charge in [0.05, 0.1) is 28.0 Å². The molecule has 0 saturated carbocycles. The first-order chi connectivity index (χ1) is 32.1. The highest BCUT2D eigenvalue weighted by Gasteiger charge is 2.30. The molecule has 9 rings (SSSR count). The molecular weight excluding hydrogens is 827 g/mol. The Labute approximate surface area is 404 Å². The van der Waals surface area contributed by atoms with Crippen LogP contribution < -0.4 is 0 Å². The van der Waals surface area contributed by atoms with Crippen LogP contribution >= 0.6 is 0 Å². The van der Waals surface area contributed by atoms with E-state index in [1.165, 1.54) is 11.1 Å². The number of hydrogen-bond donors (Lipinski definition) is 1. The van der Waals surface area contributed by atoms with Crippen LogP contribution in [-0.2, 0) is 21.7 Å². The third kappa shape index (κ3) is 9.05. The molecule has 7 aromatic carbocycles. The first-order valence-electron chi connectivity index (χ1n) is 24.0. The summed E-state index contributed by atoms with van der Waals surface area (Å²) in [5, 5.41) is 12.7. The highest BCUT2D eigenvalue weighted by Crippen LogP contribution is 2.46. The van der Waals surface area contributed by atoms with Crippen LogP contribution in [0, 0.1) is 0 Å². The molecule has 2 aromatic heterocycles. The molecule has 0 saturated heterocycles. The predicted octanol–water partition coefficient (Wildman–Crippen LogP) is 17.3. The molecule has 0 aliphatic rings. The standard InChI is InChI=1S/C64H65N3O/c1-61(2,3)48-28-26-43(27-29-48)51-31-30-49(62(4,5)6)40-57(51)67-56-25-19-24-52(58(56)66-60(67)53-38-50(63(7,8)9)39-54(59(53)68)64(10,11)12)46-34-45(42-22-17-14-18-23-42)35-47(36-46)55-37-44(32-33-65-55)41-20-15-13-16-21-41/h13-40,68H,1-12H3. The maximum atomic E-state index is 12.7. The predicted molar refractivity (Wildman–Crippen MR) is 288 cm³/mol. The molecule has 2 heterocycles. The van der Waals surface area contributed by atoms with Crippen molar-refractivity contribution in [3.8, 4) is 78.6 Å². The van der Waals surface area contributed by atoms with E-state index >= 15 is 0 Å². The molecule has 68 heavy (non-hydrogen) atoms. The molecule has 1 N–H and O–H groups in total. The molecule has 9 aromatic rings. The SMILES string of the molecule is CC(C)(C)c1ccc(-c2ccc(C(C)(C)C)cc2-n2c(-c3cc(C(C)(C)C)cc(C(C)(C)C)c3O)nc3c(-c4cc(-c5ccccc5)cc(-c5cc(-c6ccccc6)ccn5)c4)cccc32)cc1. The van der Waals surface area contributed by atoms with Gasteiger partial charge in [0.2, 0.25) is 0 Å². The van der Waals surface area contributed by atoms with E-state index in [9.17, 15) is 5.11 Å². The van der Waals surface area contributed by atoms with E-state index < -0.39 is 0 Å². The second kappa shape index (κ2) is 17.2. The summed E-state index contributed by atoms with van der Waals surface area (Å²) in [4.78, 5) is 10.7. The number of phenolic OH excluding ortho intramolecular Hbond substituents is 1. The van der Waals surface area contributed by atoms with Crippen molar-refractivity contribution >= 4 is 11.0 Å². The van der Waals surface area contributed by atoms with E-state index in [1.807, 2.05) is 12.3 Å². The van der Waals surface area contributed by atoms with Crippen molar-refractivity contribution in [2.24, 2.45) is 0 Å². The monoisotopic (exact) mass is 892 g/mol. The lowest BCUT2D eigenvalue weighted by molar-refractivity contribution is 0.446. The van der Waals surface area contributed by atoms with Gasteiger partial charge in [-0.3, -0.25) is 9.55 Å². The van der Waals surface area contributed by atoms with Crippen molar-refractivity contribution in [2.75, 3.05) is 0 Å².